The Kier molecular flexibility index (Phi) is 3.91. The molecule has 2 rings (SSSR count). The Balaban J connectivity index is 1.86. The van der Waals surface area contributed by atoms with Gasteiger partial charge in [-0.1, -0.05) is 6.07 Å². The summed E-state index contributed by atoms with van der Waals surface area (Å²) in [6.45, 7) is 3.46. The van der Waals surface area contributed by atoms with E-state index in [0.29, 0.717) is 0 Å². The maximum Gasteiger partial charge on any atom is 0.0312 e. The fourth-order valence-corrected chi connectivity index (χ4v) is 2.34. The predicted molar refractivity (Wildman–Crippen MR) is 66.2 cm³/mol. The lowest BCUT2D eigenvalue weighted by molar-refractivity contribution is 0.139. The monoisotopic (exact) mass is 219 g/mol. The molecule has 0 aromatic carbocycles. The molecule has 0 N–H and O–H groups in total. The molecule has 0 radical (unpaired) electrons. The van der Waals surface area contributed by atoms with Gasteiger partial charge in [0.1, 0.15) is 0 Å². The molecule has 1 aliphatic heterocycles. The van der Waals surface area contributed by atoms with E-state index in [0.717, 1.165) is 12.6 Å². The molecule has 1 fully saturated rings. The summed E-state index contributed by atoms with van der Waals surface area (Å²) < 4.78 is 0. The third kappa shape index (κ3) is 3.03. The zero-order valence-corrected chi connectivity index (χ0v) is 10.3. The molecule has 88 valence electrons. The van der Waals surface area contributed by atoms with E-state index < -0.39 is 0 Å². The number of likely N-dealkylation sites (tertiary alicyclic amines) is 1. The summed E-state index contributed by atoms with van der Waals surface area (Å²) in [6.07, 6.45) is 6.37. The lowest BCUT2D eigenvalue weighted by Gasteiger charge is -2.35. The second kappa shape index (κ2) is 5.41. The van der Waals surface area contributed by atoms with E-state index in [-0.39, 0.29) is 0 Å². The van der Waals surface area contributed by atoms with Crippen LogP contribution in [0.5, 0.6) is 0 Å². The average molecular weight is 219 g/mol. The number of aromatic nitrogens is 1. The number of rotatable bonds is 3. The topological polar surface area (TPSA) is 19.4 Å². The van der Waals surface area contributed by atoms with Gasteiger partial charge in [0.25, 0.3) is 0 Å². The lowest BCUT2D eigenvalue weighted by Crippen LogP contribution is -2.41. The normalized spacial score (nSPS) is 19.2. The first-order chi connectivity index (χ1) is 7.75. The van der Waals surface area contributed by atoms with Crippen molar-refractivity contribution in [3.63, 3.8) is 0 Å². The highest BCUT2D eigenvalue weighted by molar-refractivity contribution is 5.08. The van der Waals surface area contributed by atoms with Crippen molar-refractivity contribution in [2.75, 3.05) is 27.2 Å². The minimum absolute atomic E-state index is 0.733. The molecule has 0 unspecified atom stereocenters. The Bertz CT molecular complexity index is 304. The third-order valence-electron chi connectivity index (χ3n) is 3.47. The number of hydrogen-bond donors (Lipinski definition) is 0. The summed E-state index contributed by atoms with van der Waals surface area (Å²) in [5.41, 5.74) is 1.31. The average Bonchev–Trinajstić information content (AvgIpc) is 2.31. The molecule has 0 bridgehead atoms. The van der Waals surface area contributed by atoms with Crippen molar-refractivity contribution in [2.24, 2.45) is 0 Å². The Hall–Kier alpha value is -0.930. The first-order valence-corrected chi connectivity index (χ1v) is 6.03. The van der Waals surface area contributed by atoms with Crippen molar-refractivity contribution in [1.29, 1.82) is 0 Å². The highest BCUT2D eigenvalue weighted by Gasteiger charge is 2.20. The first kappa shape index (κ1) is 11.6. The number of piperidine rings is 1. The van der Waals surface area contributed by atoms with E-state index in [1.807, 2.05) is 18.5 Å². The van der Waals surface area contributed by atoms with Gasteiger partial charge in [0, 0.05) is 25.0 Å². The van der Waals surface area contributed by atoms with Crippen LogP contribution in [0.3, 0.4) is 0 Å². The van der Waals surface area contributed by atoms with Crippen LogP contribution < -0.4 is 0 Å². The molecule has 0 aliphatic carbocycles. The van der Waals surface area contributed by atoms with Crippen molar-refractivity contribution in [3.05, 3.63) is 30.1 Å². The van der Waals surface area contributed by atoms with E-state index in [4.69, 9.17) is 0 Å². The molecule has 1 aromatic rings. The van der Waals surface area contributed by atoms with Gasteiger partial charge >= 0.3 is 0 Å². The summed E-state index contributed by atoms with van der Waals surface area (Å²) >= 11 is 0. The Morgan fingerprint density at radius 2 is 2.19 bits per heavy atom. The molecule has 0 saturated carbocycles. The molecule has 0 spiro atoms. The molecular formula is C13H21N3. The minimum atomic E-state index is 0.733. The van der Waals surface area contributed by atoms with Gasteiger partial charge in [0.15, 0.2) is 0 Å². The molecule has 3 nitrogen and oxygen atoms in total. The number of nitrogens with zero attached hydrogens (tertiary/aromatic N) is 3. The van der Waals surface area contributed by atoms with Crippen molar-refractivity contribution < 1.29 is 0 Å². The SMILES string of the molecule is CN1CCC(N(C)Cc2cccnc2)CC1. The van der Waals surface area contributed by atoms with Gasteiger partial charge in [0.05, 0.1) is 0 Å². The Morgan fingerprint density at radius 3 is 2.81 bits per heavy atom. The summed E-state index contributed by atoms with van der Waals surface area (Å²) in [7, 11) is 4.43. The number of hydrogen-bond acceptors (Lipinski definition) is 3. The van der Waals surface area contributed by atoms with Crippen LogP contribution in [-0.4, -0.2) is 48.0 Å². The third-order valence-corrected chi connectivity index (χ3v) is 3.47. The zero-order chi connectivity index (χ0) is 11.4. The van der Waals surface area contributed by atoms with Gasteiger partial charge in [-0.3, -0.25) is 9.88 Å². The van der Waals surface area contributed by atoms with Crippen LogP contribution in [0.2, 0.25) is 0 Å². The van der Waals surface area contributed by atoms with Gasteiger partial charge in [-0.05, 0) is 51.7 Å². The van der Waals surface area contributed by atoms with E-state index in [2.05, 4.69) is 34.9 Å². The van der Waals surface area contributed by atoms with E-state index in [9.17, 15) is 0 Å². The maximum absolute atomic E-state index is 4.16. The lowest BCUT2D eigenvalue weighted by atomic mass is 10.0. The van der Waals surface area contributed by atoms with Crippen LogP contribution in [-0.2, 0) is 6.54 Å². The molecule has 3 heteroatoms. The second-order valence-electron chi connectivity index (χ2n) is 4.81. The standard InChI is InChI=1S/C13H21N3/c1-15-8-5-13(6-9-15)16(2)11-12-4-3-7-14-10-12/h3-4,7,10,13H,5-6,8-9,11H2,1-2H3. The van der Waals surface area contributed by atoms with Gasteiger partial charge in [-0.15, -0.1) is 0 Å². The fourth-order valence-electron chi connectivity index (χ4n) is 2.34. The molecule has 1 aromatic heterocycles. The Labute approximate surface area is 98.1 Å². The molecule has 1 saturated heterocycles. The highest BCUT2D eigenvalue weighted by Crippen LogP contribution is 2.16. The predicted octanol–water partition coefficient (Wildman–Crippen LogP) is 1.61. The largest absolute Gasteiger partial charge is 0.306 e. The zero-order valence-electron chi connectivity index (χ0n) is 10.3. The van der Waals surface area contributed by atoms with Gasteiger partial charge < -0.3 is 4.90 Å². The summed E-state index contributed by atoms with van der Waals surface area (Å²) in [6, 6.07) is 4.90. The molecule has 2 heterocycles. The van der Waals surface area contributed by atoms with Crippen LogP contribution in [0.15, 0.2) is 24.5 Å². The van der Waals surface area contributed by atoms with Crippen molar-refractivity contribution in [1.82, 2.24) is 14.8 Å². The quantitative estimate of drug-likeness (QED) is 0.770. The van der Waals surface area contributed by atoms with Crippen LogP contribution in [0, 0.1) is 0 Å². The molecule has 1 aliphatic rings. The van der Waals surface area contributed by atoms with Gasteiger partial charge in [-0.2, -0.15) is 0 Å². The fraction of sp³-hybridized carbons (Fsp3) is 0.615. The minimum Gasteiger partial charge on any atom is -0.306 e. The second-order valence-corrected chi connectivity index (χ2v) is 4.81. The summed E-state index contributed by atoms with van der Waals surface area (Å²) in [4.78, 5) is 9.03. The molecular weight excluding hydrogens is 198 g/mol. The Morgan fingerprint density at radius 1 is 1.44 bits per heavy atom. The molecule has 0 atom stereocenters. The van der Waals surface area contributed by atoms with Crippen molar-refractivity contribution in [2.45, 2.75) is 25.4 Å². The summed E-state index contributed by atoms with van der Waals surface area (Å²) in [5.74, 6) is 0. The summed E-state index contributed by atoms with van der Waals surface area (Å²) in [5, 5.41) is 0. The van der Waals surface area contributed by atoms with Crippen molar-refractivity contribution >= 4 is 0 Å². The maximum atomic E-state index is 4.16. The highest BCUT2D eigenvalue weighted by atomic mass is 15.2. The smallest absolute Gasteiger partial charge is 0.0312 e. The molecule has 16 heavy (non-hydrogen) atoms. The van der Waals surface area contributed by atoms with Crippen LogP contribution in [0.1, 0.15) is 18.4 Å². The van der Waals surface area contributed by atoms with E-state index >= 15 is 0 Å². The van der Waals surface area contributed by atoms with E-state index in [1.54, 1.807) is 0 Å². The van der Waals surface area contributed by atoms with Crippen LogP contribution in [0.25, 0.3) is 0 Å². The van der Waals surface area contributed by atoms with Gasteiger partial charge in [0.2, 0.25) is 0 Å². The number of pyridine rings is 1. The van der Waals surface area contributed by atoms with Crippen LogP contribution in [0.4, 0.5) is 0 Å². The molecule has 0 amide bonds. The van der Waals surface area contributed by atoms with E-state index in [1.165, 1.54) is 31.5 Å². The first-order valence-electron chi connectivity index (χ1n) is 6.03. The van der Waals surface area contributed by atoms with Crippen molar-refractivity contribution in [3.8, 4) is 0 Å². The van der Waals surface area contributed by atoms with Crippen LogP contribution >= 0.6 is 0 Å². The van der Waals surface area contributed by atoms with Gasteiger partial charge in [-0.25, -0.2) is 0 Å².